The molecular formula is C25H20N4O9. The van der Waals surface area contributed by atoms with Crippen LogP contribution >= 0.6 is 0 Å². The Balaban J connectivity index is 1.65. The van der Waals surface area contributed by atoms with Crippen molar-refractivity contribution >= 4 is 34.6 Å². The number of non-ortho nitro benzene ring substituents is 1. The molecule has 0 aromatic heterocycles. The maximum absolute atomic E-state index is 13.8. The Morgan fingerprint density at radius 2 is 1.45 bits per heavy atom. The summed E-state index contributed by atoms with van der Waals surface area (Å²) in [6.07, 6.45) is -1.30. The van der Waals surface area contributed by atoms with Gasteiger partial charge in [0.05, 0.1) is 47.1 Å². The van der Waals surface area contributed by atoms with Gasteiger partial charge in [0.15, 0.2) is 17.6 Å². The van der Waals surface area contributed by atoms with Crippen molar-refractivity contribution in [1.29, 1.82) is 0 Å². The lowest BCUT2D eigenvalue weighted by Crippen LogP contribution is -2.37. The predicted molar refractivity (Wildman–Crippen MR) is 132 cm³/mol. The summed E-state index contributed by atoms with van der Waals surface area (Å²) in [7, 11) is 2.71. The van der Waals surface area contributed by atoms with Gasteiger partial charge < -0.3 is 9.47 Å². The third-order valence-electron chi connectivity index (χ3n) is 6.49. The third-order valence-corrected chi connectivity index (χ3v) is 6.49. The van der Waals surface area contributed by atoms with Gasteiger partial charge in [-0.1, -0.05) is 18.2 Å². The second-order valence-electron chi connectivity index (χ2n) is 8.47. The Morgan fingerprint density at radius 1 is 0.816 bits per heavy atom. The minimum Gasteiger partial charge on any atom is -0.493 e. The summed E-state index contributed by atoms with van der Waals surface area (Å²) < 4.78 is 10.6. The molecule has 194 valence electrons. The van der Waals surface area contributed by atoms with Crippen molar-refractivity contribution in [2.24, 2.45) is 5.92 Å². The molecule has 2 amide bonds. The van der Waals surface area contributed by atoms with Gasteiger partial charge in [0.2, 0.25) is 5.91 Å². The van der Waals surface area contributed by atoms with E-state index in [1.165, 1.54) is 55.7 Å². The quantitative estimate of drug-likeness (QED) is 0.256. The van der Waals surface area contributed by atoms with E-state index in [1.807, 2.05) is 0 Å². The molecular weight excluding hydrogens is 500 g/mol. The van der Waals surface area contributed by atoms with Crippen LogP contribution in [0.4, 0.5) is 22.7 Å². The summed E-state index contributed by atoms with van der Waals surface area (Å²) in [5.41, 5.74) is 0.106. The molecule has 0 aliphatic carbocycles. The molecule has 5 rings (SSSR count). The lowest BCUT2D eigenvalue weighted by molar-refractivity contribution is -0.385. The van der Waals surface area contributed by atoms with Crippen LogP contribution in [-0.4, -0.2) is 42.0 Å². The highest BCUT2D eigenvalue weighted by atomic mass is 16.7. The number of hydrogen-bond donors (Lipinski definition) is 0. The maximum Gasteiger partial charge on any atom is 0.278 e. The van der Waals surface area contributed by atoms with Crippen LogP contribution in [0.5, 0.6) is 11.5 Å². The molecule has 2 saturated heterocycles. The lowest BCUT2D eigenvalue weighted by Gasteiger charge is -2.28. The lowest BCUT2D eigenvalue weighted by atomic mass is 9.89. The van der Waals surface area contributed by atoms with Crippen molar-refractivity contribution in [1.82, 2.24) is 0 Å². The molecule has 13 nitrogen and oxygen atoms in total. The summed E-state index contributed by atoms with van der Waals surface area (Å²) in [6, 6.07) is 15.0. The van der Waals surface area contributed by atoms with E-state index in [1.54, 1.807) is 30.3 Å². The first-order valence-corrected chi connectivity index (χ1v) is 11.3. The van der Waals surface area contributed by atoms with Gasteiger partial charge in [-0.3, -0.25) is 34.7 Å². The van der Waals surface area contributed by atoms with Crippen molar-refractivity contribution in [2.75, 3.05) is 24.2 Å². The molecule has 3 atom stereocenters. The Morgan fingerprint density at radius 3 is 2.03 bits per heavy atom. The predicted octanol–water partition coefficient (Wildman–Crippen LogP) is 3.57. The highest BCUT2D eigenvalue weighted by molar-refractivity contribution is 6.24. The smallest absolute Gasteiger partial charge is 0.278 e. The van der Waals surface area contributed by atoms with E-state index in [2.05, 4.69) is 0 Å². The van der Waals surface area contributed by atoms with E-state index in [4.69, 9.17) is 14.3 Å². The minimum absolute atomic E-state index is 0.0794. The van der Waals surface area contributed by atoms with Crippen LogP contribution in [0.25, 0.3) is 0 Å². The van der Waals surface area contributed by atoms with Crippen LogP contribution in [0.3, 0.4) is 0 Å². The number of hydrogen-bond acceptors (Lipinski definition) is 10. The number of amides is 2. The third kappa shape index (κ3) is 3.85. The number of nitrogens with zero attached hydrogens (tertiary/aromatic N) is 4. The molecule has 2 heterocycles. The van der Waals surface area contributed by atoms with Gasteiger partial charge in [-0.05, 0) is 30.3 Å². The number of rotatable bonds is 7. The SMILES string of the molecule is COc1cc([C@H]2[C@H]3C(=O)N(c4ccc([N+](=O)[O-])cc4)C(=O)[C@@H]3ON2c2ccccc2)c([N+](=O)[O-])cc1OC. The number of anilines is 2. The van der Waals surface area contributed by atoms with Crippen molar-refractivity contribution in [3.05, 3.63) is 92.5 Å². The Kier molecular flexibility index (Phi) is 6.12. The van der Waals surface area contributed by atoms with Crippen LogP contribution in [0.1, 0.15) is 11.6 Å². The maximum atomic E-state index is 13.8. The number of carbonyl (C=O) groups is 2. The fourth-order valence-corrected chi connectivity index (χ4v) is 4.79. The molecule has 3 aromatic carbocycles. The molecule has 13 heteroatoms. The monoisotopic (exact) mass is 520 g/mol. The Labute approximate surface area is 215 Å². The van der Waals surface area contributed by atoms with Gasteiger partial charge in [-0.25, -0.2) is 9.96 Å². The fraction of sp³-hybridized carbons (Fsp3) is 0.200. The van der Waals surface area contributed by atoms with Gasteiger partial charge >= 0.3 is 0 Å². The van der Waals surface area contributed by atoms with Crippen LogP contribution in [0.15, 0.2) is 66.7 Å². The largest absolute Gasteiger partial charge is 0.493 e. The number of nitro groups is 2. The van der Waals surface area contributed by atoms with Gasteiger partial charge in [0.1, 0.15) is 12.0 Å². The molecule has 3 aromatic rings. The molecule has 2 aliphatic rings. The molecule has 0 radical (unpaired) electrons. The number of benzene rings is 3. The average molecular weight is 520 g/mol. The zero-order chi connectivity index (χ0) is 27.1. The zero-order valence-corrected chi connectivity index (χ0v) is 20.0. The second kappa shape index (κ2) is 9.44. The topological polar surface area (TPSA) is 155 Å². The molecule has 2 aliphatic heterocycles. The van der Waals surface area contributed by atoms with Gasteiger partial charge in [-0.15, -0.1) is 0 Å². The Bertz CT molecular complexity index is 1450. The van der Waals surface area contributed by atoms with E-state index < -0.39 is 39.7 Å². The number of fused-ring (bicyclic) bond motifs is 1. The summed E-state index contributed by atoms with van der Waals surface area (Å²) in [4.78, 5) is 56.1. The van der Waals surface area contributed by atoms with E-state index in [-0.39, 0.29) is 34.1 Å². The first-order valence-electron chi connectivity index (χ1n) is 11.3. The van der Waals surface area contributed by atoms with Gasteiger partial charge in [-0.2, -0.15) is 0 Å². The van der Waals surface area contributed by atoms with E-state index in [0.717, 1.165) is 4.90 Å². The first-order chi connectivity index (χ1) is 18.3. The van der Waals surface area contributed by atoms with Crippen molar-refractivity contribution < 1.29 is 33.7 Å². The number of carbonyl (C=O) groups excluding carboxylic acids is 2. The van der Waals surface area contributed by atoms with E-state index in [0.29, 0.717) is 5.69 Å². The molecule has 0 spiro atoms. The van der Waals surface area contributed by atoms with Crippen LogP contribution < -0.4 is 19.4 Å². The molecule has 0 N–H and O–H groups in total. The van der Waals surface area contributed by atoms with E-state index >= 15 is 0 Å². The van der Waals surface area contributed by atoms with E-state index in [9.17, 15) is 29.8 Å². The molecule has 38 heavy (non-hydrogen) atoms. The van der Waals surface area contributed by atoms with Crippen LogP contribution in [0.2, 0.25) is 0 Å². The zero-order valence-electron chi connectivity index (χ0n) is 20.0. The average Bonchev–Trinajstić information content (AvgIpc) is 3.43. The summed E-state index contributed by atoms with van der Waals surface area (Å²) in [5.74, 6) is -2.23. The second-order valence-corrected chi connectivity index (χ2v) is 8.47. The number of para-hydroxylation sites is 1. The highest BCUT2D eigenvalue weighted by Crippen LogP contribution is 2.51. The summed E-state index contributed by atoms with van der Waals surface area (Å²) >= 11 is 0. The van der Waals surface area contributed by atoms with Crippen molar-refractivity contribution in [3.63, 3.8) is 0 Å². The molecule has 0 saturated carbocycles. The highest BCUT2D eigenvalue weighted by Gasteiger charge is 2.61. The van der Waals surface area contributed by atoms with Gasteiger partial charge in [0.25, 0.3) is 17.3 Å². The fourth-order valence-electron chi connectivity index (χ4n) is 4.79. The number of methoxy groups -OCH3 is 2. The number of hydroxylamine groups is 1. The molecule has 0 bridgehead atoms. The van der Waals surface area contributed by atoms with Crippen LogP contribution in [0, 0.1) is 26.1 Å². The summed E-state index contributed by atoms with van der Waals surface area (Å²) in [6.45, 7) is 0. The molecule has 2 fully saturated rings. The minimum atomic E-state index is -1.30. The van der Waals surface area contributed by atoms with Crippen LogP contribution in [-0.2, 0) is 14.4 Å². The first kappa shape index (κ1) is 24.6. The standard InChI is InChI=1S/C25H20N4O9/c1-36-19-12-17(18(29(34)35)13-20(19)37-2)22-21-23(38-27(22)15-6-4-3-5-7-15)25(31)26(24(21)30)14-8-10-16(11-9-14)28(32)33/h3-13,21-23H,1-2H3/t21-,22+,23-/m1/s1. The number of nitro benzene ring substituents is 2. The van der Waals surface area contributed by atoms with Crippen molar-refractivity contribution in [2.45, 2.75) is 12.1 Å². The normalized spacial score (nSPS) is 20.4. The van der Waals surface area contributed by atoms with Gasteiger partial charge in [0, 0.05) is 12.1 Å². The summed E-state index contributed by atoms with van der Waals surface area (Å²) in [5, 5.41) is 24.5. The Hall–Kier alpha value is -5.04. The number of imide groups is 1. The van der Waals surface area contributed by atoms with Crippen molar-refractivity contribution in [3.8, 4) is 11.5 Å². The molecule has 0 unspecified atom stereocenters. The number of ether oxygens (including phenoxy) is 2.